The number of rotatable bonds is 1. The van der Waals surface area contributed by atoms with Crippen LogP contribution < -0.4 is 10.2 Å². The number of pyridine rings is 1. The van der Waals surface area contributed by atoms with Gasteiger partial charge in [-0.2, -0.15) is 0 Å². The van der Waals surface area contributed by atoms with Crippen LogP contribution >= 0.6 is 11.6 Å². The van der Waals surface area contributed by atoms with E-state index in [1.165, 1.54) is 0 Å². The lowest BCUT2D eigenvalue weighted by molar-refractivity contribution is 0.0240. The van der Waals surface area contributed by atoms with Gasteiger partial charge in [-0.15, -0.1) is 0 Å². The Kier molecular flexibility index (Phi) is 4.29. The minimum absolute atomic E-state index is 0.122. The molecule has 1 aromatic rings. The standard InChI is InChI=1S/C16H21ClN4O3/c1-16(2,3)24-15(23)21-6-4-20(5-7-21)12-8-10-11(13(17)19-12)9-18-14(10)22/h8H,4-7,9H2,1-3H3,(H,18,22). The van der Waals surface area contributed by atoms with Crippen LogP contribution in [0.25, 0.3) is 0 Å². The first-order valence-corrected chi connectivity index (χ1v) is 8.33. The Morgan fingerprint density at radius 1 is 1.29 bits per heavy atom. The third-order valence-electron chi connectivity index (χ3n) is 3.99. The van der Waals surface area contributed by atoms with Crippen LogP contribution in [0, 0.1) is 0 Å². The molecule has 24 heavy (non-hydrogen) atoms. The van der Waals surface area contributed by atoms with Crippen molar-refractivity contribution in [2.75, 3.05) is 31.1 Å². The predicted molar refractivity (Wildman–Crippen MR) is 90.4 cm³/mol. The van der Waals surface area contributed by atoms with Crippen LogP contribution in [0.3, 0.4) is 0 Å². The summed E-state index contributed by atoms with van der Waals surface area (Å²) in [5, 5.41) is 3.11. The smallest absolute Gasteiger partial charge is 0.410 e. The molecule has 0 unspecified atom stereocenters. The summed E-state index contributed by atoms with van der Waals surface area (Å²) in [4.78, 5) is 32.1. The Balaban J connectivity index is 1.67. The minimum atomic E-state index is -0.503. The van der Waals surface area contributed by atoms with Crippen LogP contribution in [-0.2, 0) is 11.3 Å². The Hall–Kier alpha value is -2.02. The number of piperazine rings is 1. The van der Waals surface area contributed by atoms with Gasteiger partial charge in [0.05, 0.1) is 5.56 Å². The Labute approximate surface area is 145 Å². The van der Waals surface area contributed by atoms with Gasteiger partial charge in [-0.1, -0.05) is 11.6 Å². The van der Waals surface area contributed by atoms with Crippen molar-refractivity contribution in [1.82, 2.24) is 15.2 Å². The van der Waals surface area contributed by atoms with E-state index in [0.29, 0.717) is 49.3 Å². The van der Waals surface area contributed by atoms with Crippen molar-refractivity contribution in [1.29, 1.82) is 0 Å². The number of nitrogens with zero attached hydrogens (tertiary/aromatic N) is 3. The maximum absolute atomic E-state index is 12.1. The van der Waals surface area contributed by atoms with Gasteiger partial charge < -0.3 is 19.9 Å². The number of carbonyl (C=O) groups is 2. The van der Waals surface area contributed by atoms with Crippen molar-refractivity contribution in [2.45, 2.75) is 32.9 Å². The van der Waals surface area contributed by atoms with E-state index in [4.69, 9.17) is 16.3 Å². The average molecular weight is 353 g/mol. The summed E-state index contributed by atoms with van der Waals surface area (Å²) in [5.74, 6) is 0.544. The zero-order chi connectivity index (χ0) is 17.5. The fraction of sp³-hybridized carbons (Fsp3) is 0.562. The Bertz CT molecular complexity index is 679. The van der Waals surface area contributed by atoms with Crippen LogP contribution in [0.5, 0.6) is 0 Å². The van der Waals surface area contributed by atoms with Gasteiger partial charge in [0.15, 0.2) is 0 Å². The normalized spacial score (nSPS) is 17.6. The molecule has 8 heteroatoms. The maximum Gasteiger partial charge on any atom is 0.410 e. The number of fused-ring (bicyclic) bond motifs is 1. The Morgan fingerprint density at radius 2 is 1.96 bits per heavy atom. The van der Waals surface area contributed by atoms with Crippen LogP contribution in [-0.4, -0.2) is 53.7 Å². The maximum atomic E-state index is 12.1. The summed E-state index contributed by atoms with van der Waals surface area (Å²) in [7, 11) is 0. The second-order valence-corrected chi connectivity index (χ2v) is 7.29. The summed E-state index contributed by atoms with van der Waals surface area (Å²) in [6.45, 7) is 8.28. The second kappa shape index (κ2) is 6.12. The molecule has 3 heterocycles. The predicted octanol–water partition coefficient (Wildman–Crippen LogP) is 2.04. The van der Waals surface area contributed by atoms with Gasteiger partial charge >= 0.3 is 6.09 Å². The first kappa shape index (κ1) is 16.8. The quantitative estimate of drug-likeness (QED) is 0.783. The molecule has 0 bridgehead atoms. The molecule has 0 atom stereocenters. The Morgan fingerprint density at radius 3 is 2.58 bits per heavy atom. The summed E-state index contributed by atoms with van der Waals surface area (Å²) in [6.07, 6.45) is -0.304. The molecule has 2 aliphatic heterocycles. The van der Waals surface area contributed by atoms with Crippen LogP contribution in [0.2, 0.25) is 5.15 Å². The monoisotopic (exact) mass is 352 g/mol. The topological polar surface area (TPSA) is 74.8 Å². The average Bonchev–Trinajstić information content (AvgIpc) is 2.88. The summed E-state index contributed by atoms with van der Waals surface area (Å²) in [6, 6.07) is 1.77. The van der Waals surface area contributed by atoms with Crippen LogP contribution in [0.4, 0.5) is 10.6 Å². The molecule has 2 amide bonds. The highest BCUT2D eigenvalue weighted by molar-refractivity contribution is 6.31. The third kappa shape index (κ3) is 3.40. The number of amides is 2. The van der Waals surface area contributed by atoms with E-state index in [-0.39, 0.29) is 12.0 Å². The van der Waals surface area contributed by atoms with E-state index >= 15 is 0 Å². The van der Waals surface area contributed by atoms with E-state index in [2.05, 4.69) is 10.3 Å². The van der Waals surface area contributed by atoms with Crippen molar-refractivity contribution >= 4 is 29.4 Å². The van der Waals surface area contributed by atoms with Crippen molar-refractivity contribution in [3.8, 4) is 0 Å². The zero-order valence-corrected chi connectivity index (χ0v) is 14.8. The molecule has 0 aromatic carbocycles. The van der Waals surface area contributed by atoms with Gasteiger partial charge in [-0.25, -0.2) is 9.78 Å². The van der Waals surface area contributed by atoms with E-state index in [0.717, 1.165) is 5.56 Å². The molecule has 0 saturated carbocycles. The molecule has 2 aliphatic rings. The highest BCUT2D eigenvalue weighted by Crippen LogP contribution is 2.27. The number of carbonyl (C=O) groups excluding carboxylic acids is 2. The van der Waals surface area contributed by atoms with Crippen molar-refractivity contribution < 1.29 is 14.3 Å². The highest BCUT2D eigenvalue weighted by atomic mass is 35.5. The highest BCUT2D eigenvalue weighted by Gasteiger charge is 2.28. The molecule has 1 saturated heterocycles. The molecule has 0 radical (unpaired) electrons. The molecular weight excluding hydrogens is 332 g/mol. The molecule has 1 fully saturated rings. The van der Waals surface area contributed by atoms with E-state index in [9.17, 15) is 9.59 Å². The SMILES string of the molecule is CC(C)(C)OC(=O)N1CCN(c2cc3c(c(Cl)n2)CNC3=O)CC1. The second-order valence-electron chi connectivity index (χ2n) is 6.93. The molecular formula is C16H21ClN4O3. The molecule has 0 spiro atoms. The number of anilines is 1. The number of ether oxygens (including phenoxy) is 1. The number of aromatic nitrogens is 1. The largest absolute Gasteiger partial charge is 0.444 e. The van der Waals surface area contributed by atoms with Crippen molar-refractivity contribution in [3.05, 3.63) is 22.3 Å². The van der Waals surface area contributed by atoms with E-state index in [1.54, 1.807) is 11.0 Å². The lowest BCUT2D eigenvalue weighted by Gasteiger charge is -2.36. The van der Waals surface area contributed by atoms with Gasteiger partial charge in [0.25, 0.3) is 5.91 Å². The fourth-order valence-corrected chi connectivity index (χ4v) is 3.02. The summed E-state index contributed by atoms with van der Waals surface area (Å²) >= 11 is 6.20. The van der Waals surface area contributed by atoms with Gasteiger partial charge in [0.2, 0.25) is 0 Å². The van der Waals surface area contributed by atoms with Crippen LogP contribution in [0.15, 0.2) is 6.07 Å². The van der Waals surface area contributed by atoms with Crippen LogP contribution in [0.1, 0.15) is 36.7 Å². The van der Waals surface area contributed by atoms with Gasteiger partial charge in [0.1, 0.15) is 16.6 Å². The number of nitrogens with one attached hydrogen (secondary N) is 1. The number of hydrogen-bond donors (Lipinski definition) is 1. The summed E-state index contributed by atoms with van der Waals surface area (Å²) < 4.78 is 5.39. The first-order valence-electron chi connectivity index (χ1n) is 7.95. The zero-order valence-electron chi connectivity index (χ0n) is 14.1. The molecule has 1 N–H and O–H groups in total. The number of hydrogen-bond acceptors (Lipinski definition) is 5. The lowest BCUT2D eigenvalue weighted by atomic mass is 10.1. The fourth-order valence-electron chi connectivity index (χ4n) is 2.77. The van der Waals surface area contributed by atoms with Gasteiger partial charge in [0, 0.05) is 38.3 Å². The molecule has 1 aromatic heterocycles. The molecule has 0 aliphatic carbocycles. The molecule has 3 rings (SSSR count). The third-order valence-corrected chi connectivity index (χ3v) is 4.30. The number of halogens is 1. The van der Waals surface area contributed by atoms with Gasteiger partial charge in [-0.05, 0) is 26.8 Å². The summed E-state index contributed by atoms with van der Waals surface area (Å²) in [5.41, 5.74) is 0.828. The molecule has 130 valence electrons. The van der Waals surface area contributed by atoms with Gasteiger partial charge in [-0.3, -0.25) is 4.79 Å². The van der Waals surface area contributed by atoms with Crippen molar-refractivity contribution in [3.63, 3.8) is 0 Å². The molecule has 7 nitrogen and oxygen atoms in total. The van der Waals surface area contributed by atoms with E-state index < -0.39 is 5.60 Å². The lowest BCUT2D eigenvalue weighted by Crippen LogP contribution is -2.50. The minimum Gasteiger partial charge on any atom is -0.444 e. The first-order chi connectivity index (χ1) is 11.2. The van der Waals surface area contributed by atoms with Crippen molar-refractivity contribution in [2.24, 2.45) is 0 Å². The van der Waals surface area contributed by atoms with E-state index in [1.807, 2.05) is 25.7 Å².